The van der Waals surface area contributed by atoms with E-state index in [9.17, 15) is 9.90 Å². The molecule has 2 aromatic rings. The molecule has 2 saturated heterocycles. The lowest BCUT2D eigenvalue weighted by Crippen LogP contribution is -2.69. The molecule has 4 heterocycles. The maximum atomic E-state index is 12.4. The molecule has 0 atom stereocenters. The third-order valence-electron chi connectivity index (χ3n) is 5.31. The first-order valence-electron chi connectivity index (χ1n) is 10.8. The summed E-state index contributed by atoms with van der Waals surface area (Å²) in [7, 11) is 0. The minimum atomic E-state index is -0.734. The van der Waals surface area contributed by atoms with Crippen molar-refractivity contribution in [3.63, 3.8) is 0 Å². The molecule has 0 aliphatic carbocycles. The van der Waals surface area contributed by atoms with Crippen LogP contribution in [0, 0.1) is 0 Å². The monoisotopic (exact) mass is 458 g/mol. The Morgan fingerprint density at radius 2 is 1.91 bits per heavy atom. The van der Waals surface area contributed by atoms with Crippen molar-refractivity contribution in [1.29, 1.82) is 0 Å². The van der Waals surface area contributed by atoms with Gasteiger partial charge in [-0.25, -0.2) is 19.7 Å². The molecule has 1 amide bonds. The summed E-state index contributed by atoms with van der Waals surface area (Å²) in [5.74, 6) is 1.23. The smallest absolute Gasteiger partial charge is 0.410 e. The number of carbonyl (C=O) groups excluding carboxylic acids is 1. The zero-order valence-electron chi connectivity index (χ0n) is 19.1. The third-order valence-corrected chi connectivity index (χ3v) is 5.31. The van der Waals surface area contributed by atoms with Crippen LogP contribution in [0.25, 0.3) is 11.3 Å². The van der Waals surface area contributed by atoms with E-state index in [1.165, 1.54) is 0 Å². The van der Waals surface area contributed by atoms with Gasteiger partial charge in [0.15, 0.2) is 0 Å². The van der Waals surface area contributed by atoms with Crippen molar-refractivity contribution in [2.24, 2.45) is 0 Å². The van der Waals surface area contributed by atoms with Crippen molar-refractivity contribution in [2.45, 2.75) is 31.9 Å². The van der Waals surface area contributed by atoms with Crippen LogP contribution in [0.5, 0.6) is 0 Å². The third kappa shape index (κ3) is 5.40. The van der Waals surface area contributed by atoms with E-state index in [2.05, 4.69) is 20.3 Å². The number of likely N-dealkylation sites (tertiary alicyclic amines) is 1. The topological polar surface area (TPSA) is 152 Å². The fraction of sp³-hybridized carbons (Fsp3) is 0.571. The molecule has 2 aromatic heterocycles. The van der Waals surface area contributed by atoms with E-state index in [0.717, 1.165) is 0 Å². The van der Waals surface area contributed by atoms with Gasteiger partial charge in [-0.1, -0.05) is 0 Å². The summed E-state index contributed by atoms with van der Waals surface area (Å²) in [5, 5.41) is 13.4. The predicted octanol–water partition coefficient (Wildman–Crippen LogP) is 0.746. The van der Waals surface area contributed by atoms with E-state index in [1.54, 1.807) is 23.4 Å². The van der Waals surface area contributed by atoms with Crippen LogP contribution in [0.2, 0.25) is 0 Å². The van der Waals surface area contributed by atoms with Crippen LogP contribution in [0.4, 0.5) is 22.5 Å². The van der Waals surface area contributed by atoms with Gasteiger partial charge in [0.25, 0.3) is 0 Å². The number of nitrogens with one attached hydrogen (secondary N) is 1. The number of rotatable bonds is 5. The van der Waals surface area contributed by atoms with Gasteiger partial charge in [-0.2, -0.15) is 4.98 Å². The van der Waals surface area contributed by atoms with Crippen LogP contribution in [-0.4, -0.2) is 93.2 Å². The Hall–Kier alpha value is -3.25. The Balaban J connectivity index is 1.57. The average Bonchev–Trinajstić information content (AvgIpc) is 2.75. The second-order valence-electron chi connectivity index (χ2n) is 9.27. The largest absolute Gasteiger partial charge is 0.444 e. The maximum Gasteiger partial charge on any atom is 0.410 e. The van der Waals surface area contributed by atoms with Gasteiger partial charge in [0.05, 0.1) is 44.1 Å². The van der Waals surface area contributed by atoms with Crippen molar-refractivity contribution in [1.82, 2.24) is 24.8 Å². The molecule has 178 valence electrons. The molecule has 12 nitrogen and oxygen atoms in total. The fourth-order valence-electron chi connectivity index (χ4n) is 3.65. The van der Waals surface area contributed by atoms with E-state index in [-0.39, 0.29) is 25.6 Å². The molecule has 4 rings (SSSR count). The second kappa shape index (κ2) is 8.94. The molecule has 4 N–H and O–H groups in total. The standard InChI is InChI=1S/C21H30N8O4/c1-20(2,3)33-19(31)29-11-21(12-29,13-30)27-16-8-15(14-9-23-17(22)24-10-14)25-18(26-16)28-4-6-32-7-5-28/h8-10,30H,4-7,11-13H2,1-3H3,(H2,22,23,24)(H,25,26,27). The molecule has 0 aromatic carbocycles. The van der Waals surface area contributed by atoms with Gasteiger partial charge >= 0.3 is 6.09 Å². The summed E-state index contributed by atoms with van der Waals surface area (Å²) >= 11 is 0. The van der Waals surface area contributed by atoms with Gasteiger partial charge in [-0.05, 0) is 20.8 Å². The number of nitrogens with zero attached hydrogens (tertiary/aromatic N) is 6. The summed E-state index contributed by atoms with van der Waals surface area (Å²) in [6.07, 6.45) is 2.80. The number of aliphatic hydroxyl groups excluding tert-OH is 1. The van der Waals surface area contributed by atoms with E-state index in [1.807, 2.05) is 25.7 Å². The van der Waals surface area contributed by atoms with Crippen LogP contribution < -0.4 is 16.0 Å². The summed E-state index contributed by atoms with van der Waals surface area (Å²) in [5.41, 5.74) is 5.61. The van der Waals surface area contributed by atoms with Crippen LogP contribution in [0.3, 0.4) is 0 Å². The fourth-order valence-corrected chi connectivity index (χ4v) is 3.65. The Morgan fingerprint density at radius 1 is 1.24 bits per heavy atom. The predicted molar refractivity (Wildman–Crippen MR) is 122 cm³/mol. The number of carbonyl (C=O) groups is 1. The molecule has 0 unspecified atom stereocenters. The number of anilines is 3. The molecule has 2 fully saturated rings. The number of aliphatic hydroxyl groups is 1. The van der Waals surface area contributed by atoms with Gasteiger partial charge in [-0.15, -0.1) is 0 Å². The quantitative estimate of drug-likeness (QED) is 0.582. The first kappa shape index (κ1) is 22.9. The minimum Gasteiger partial charge on any atom is -0.444 e. The first-order chi connectivity index (χ1) is 15.7. The lowest BCUT2D eigenvalue weighted by atomic mass is 9.91. The van der Waals surface area contributed by atoms with Crippen molar-refractivity contribution < 1.29 is 19.4 Å². The summed E-state index contributed by atoms with van der Waals surface area (Å²) in [6, 6.07) is 1.77. The van der Waals surface area contributed by atoms with Gasteiger partial charge in [0.2, 0.25) is 11.9 Å². The van der Waals surface area contributed by atoms with Crippen molar-refractivity contribution >= 4 is 23.8 Å². The highest BCUT2D eigenvalue weighted by molar-refractivity contribution is 5.71. The summed E-state index contributed by atoms with van der Waals surface area (Å²) in [4.78, 5) is 33.4. The number of aromatic nitrogens is 4. The molecule has 33 heavy (non-hydrogen) atoms. The molecule has 2 aliphatic rings. The molecule has 0 saturated carbocycles. The molecule has 2 aliphatic heterocycles. The maximum absolute atomic E-state index is 12.4. The summed E-state index contributed by atoms with van der Waals surface area (Å²) < 4.78 is 10.9. The molecule has 0 radical (unpaired) electrons. The lowest BCUT2D eigenvalue weighted by molar-refractivity contribution is -0.0141. The normalized spacial score (nSPS) is 17.9. The number of ether oxygens (including phenoxy) is 2. The van der Waals surface area contributed by atoms with E-state index in [4.69, 9.17) is 20.2 Å². The summed E-state index contributed by atoms with van der Waals surface area (Å²) in [6.45, 7) is 8.36. The molecular weight excluding hydrogens is 428 g/mol. The zero-order chi connectivity index (χ0) is 23.6. The molecule has 12 heteroatoms. The SMILES string of the molecule is CC(C)(C)OC(=O)N1CC(CO)(Nc2cc(-c3cnc(N)nc3)nc(N3CCOCC3)n2)C1. The number of nitrogen functional groups attached to an aromatic ring is 1. The number of nitrogens with two attached hydrogens (primary N) is 1. The average molecular weight is 459 g/mol. The Kier molecular flexibility index (Phi) is 6.21. The highest BCUT2D eigenvalue weighted by Gasteiger charge is 2.46. The van der Waals surface area contributed by atoms with Crippen molar-refractivity contribution in [2.75, 3.05) is 62.0 Å². The van der Waals surface area contributed by atoms with E-state index >= 15 is 0 Å². The van der Waals surface area contributed by atoms with Crippen molar-refractivity contribution in [3.8, 4) is 11.3 Å². The number of hydrogen-bond donors (Lipinski definition) is 3. The van der Waals surface area contributed by atoms with Crippen molar-refractivity contribution in [3.05, 3.63) is 18.5 Å². The van der Waals surface area contributed by atoms with Gasteiger partial charge in [-0.3, -0.25) is 0 Å². The Morgan fingerprint density at radius 3 is 2.52 bits per heavy atom. The number of hydrogen-bond acceptors (Lipinski definition) is 11. The highest BCUT2D eigenvalue weighted by atomic mass is 16.6. The Labute approximate surface area is 192 Å². The zero-order valence-corrected chi connectivity index (χ0v) is 19.1. The van der Waals surface area contributed by atoms with E-state index < -0.39 is 17.2 Å². The highest BCUT2D eigenvalue weighted by Crippen LogP contribution is 2.29. The Bertz CT molecular complexity index is 983. The first-order valence-corrected chi connectivity index (χ1v) is 10.8. The van der Waals surface area contributed by atoms with Gasteiger partial charge in [0, 0.05) is 37.1 Å². The number of amides is 1. The lowest BCUT2D eigenvalue weighted by Gasteiger charge is -2.49. The molecular formula is C21H30N8O4. The van der Waals surface area contributed by atoms with Crippen LogP contribution in [0.1, 0.15) is 20.8 Å². The van der Waals surface area contributed by atoms with Crippen LogP contribution >= 0.6 is 0 Å². The molecule has 0 spiro atoms. The minimum absolute atomic E-state index is 0.176. The van der Waals surface area contributed by atoms with Gasteiger partial charge in [0.1, 0.15) is 11.4 Å². The second-order valence-corrected chi connectivity index (χ2v) is 9.27. The number of morpholine rings is 1. The molecule has 0 bridgehead atoms. The van der Waals surface area contributed by atoms with Crippen LogP contribution in [0.15, 0.2) is 18.5 Å². The van der Waals surface area contributed by atoms with Gasteiger partial charge < -0.3 is 35.4 Å². The van der Waals surface area contributed by atoms with Crippen LogP contribution in [-0.2, 0) is 9.47 Å². The van der Waals surface area contributed by atoms with E-state index in [0.29, 0.717) is 49.3 Å².